The molecule has 0 unspecified atom stereocenters. The minimum atomic E-state index is 0.159. The van der Waals surface area contributed by atoms with Crippen molar-refractivity contribution in [2.24, 2.45) is 0 Å². The molecule has 82 valence electrons. The highest BCUT2D eigenvalue weighted by Gasteiger charge is 2.04. The van der Waals surface area contributed by atoms with Crippen molar-refractivity contribution in [1.29, 1.82) is 0 Å². The molecule has 0 saturated carbocycles. The van der Waals surface area contributed by atoms with Crippen LogP contribution in [-0.2, 0) is 6.42 Å². The molecule has 0 bridgehead atoms. The summed E-state index contributed by atoms with van der Waals surface area (Å²) < 4.78 is 0.729. The Kier molecular flexibility index (Phi) is 2.55. The van der Waals surface area contributed by atoms with Crippen molar-refractivity contribution in [1.82, 2.24) is 9.97 Å². The Bertz CT molecular complexity index is 497. The highest BCUT2D eigenvalue weighted by atomic mass is 16.5. The molecule has 0 amide bonds. The van der Waals surface area contributed by atoms with Gasteiger partial charge in [0.1, 0.15) is 5.82 Å². The molecule has 2 aromatic heterocycles. The predicted octanol–water partition coefficient (Wildman–Crippen LogP) is -0.135. The van der Waals surface area contributed by atoms with Crippen LogP contribution in [-0.4, -0.2) is 9.97 Å². The predicted molar refractivity (Wildman–Crippen MR) is 59.1 cm³/mol. The van der Waals surface area contributed by atoms with Crippen molar-refractivity contribution in [3.05, 3.63) is 47.1 Å². The fraction of sp³-hybridized carbons (Fsp3) is 0.100. The molecule has 2 aromatic rings. The summed E-state index contributed by atoms with van der Waals surface area (Å²) in [5, 5.41) is 10.8. The van der Waals surface area contributed by atoms with E-state index >= 15 is 0 Å². The van der Waals surface area contributed by atoms with Crippen LogP contribution in [0.4, 0.5) is 11.8 Å². The first-order chi connectivity index (χ1) is 7.65. The van der Waals surface area contributed by atoms with E-state index in [4.69, 9.17) is 11.5 Å². The normalized spacial score (nSPS) is 10.2. The zero-order chi connectivity index (χ0) is 11.5. The van der Waals surface area contributed by atoms with E-state index in [2.05, 4.69) is 9.97 Å². The fourth-order valence-corrected chi connectivity index (χ4v) is 1.35. The molecule has 0 aliphatic heterocycles. The van der Waals surface area contributed by atoms with Crippen LogP contribution in [0.15, 0.2) is 30.7 Å². The Morgan fingerprint density at radius 3 is 2.56 bits per heavy atom. The summed E-state index contributed by atoms with van der Waals surface area (Å²) in [5.41, 5.74) is 12.8. The minimum absolute atomic E-state index is 0.159. The first-order valence-corrected chi connectivity index (χ1v) is 4.70. The number of rotatable bonds is 2. The lowest BCUT2D eigenvalue weighted by molar-refractivity contribution is -0.605. The van der Waals surface area contributed by atoms with E-state index < -0.39 is 0 Å². The van der Waals surface area contributed by atoms with E-state index in [1.807, 2.05) is 0 Å². The zero-order valence-corrected chi connectivity index (χ0v) is 8.50. The maximum Gasteiger partial charge on any atom is 0.221 e. The van der Waals surface area contributed by atoms with Gasteiger partial charge in [0.25, 0.3) is 0 Å². The Morgan fingerprint density at radius 2 is 1.94 bits per heavy atom. The van der Waals surface area contributed by atoms with Gasteiger partial charge in [-0.3, -0.25) is 0 Å². The number of nitrogens with zero attached hydrogens (tertiary/aromatic N) is 3. The molecule has 0 aliphatic carbocycles. The third-order valence-corrected chi connectivity index (χ3v) is 2.18. The summed E-state index contributed by atoms with van der Waals surface area (Å²) in [4.78, 5) is 7.74. The molecular formula is C10H11N5O. The lowest BCUT2D eigenvalue weighted by Crippen LogP contribution is -2.23. The molecule has 0 aromatic carbocycles. The van der Waals surface area contributed by atoms with Crippen LogP contribution in [0.25, 0.3) is 0 Å². The highest BCUT2D eigenvalue weighted by Crippen LogP contribution is 2.13. The van der Waals surface area contributed by atoms with Crippen molar-refractivity contribution in [2.45, 2.75) is 6.42 Å². The van der Waals surface area contributed by atoms with Crippen molar-refractivity contribution in [3.8, 4) is 0 Å². The largest absolute Gasteiger partial charge is 0.619 e. The number of hydrogen-bond donors (Lipinski definition) is 2. The highest BCUT2D eigenvalue weighted by molar-refractivity contribution is 5.43. The lowest BCUT2D eigenvalue weighted by Gasteiger charge is -2.04. The SMILES string of the molecule is Nc1ncc(Cc2cc[n+]([O-])cc2)c(N)n1. The van der Waals surface area contributed by atoms with Crippen LogP contribution in [0.1, 0.15) is 11.1 Å². The number of hydrogen-bond acceptors (Lipinski definition) is 5. The van der Waals surface area contributed by atoms with Crippen molar-refractivity contribution >= 4 is 11.8 Å². The maximum absolute atomic E-state index is 10.8. The zero-order valence-electron chi connectivity index (χ0n) is 8.50. The molecule has 0 atom stereocenters. The van der Waals surface area contributed by atoms with Gasteiger partial charge in [0, 0.05) is 30.3 Å². The van der Waals surface area contributed by atoms with Crippen molar-refractivity contribution < 1.29 is 4.73 Å². The molecule has 4 N–H and O–H groups in total. The van der Waals surface area contributed by atoms with Crippen LogP contribution in [0, 0.1) is 5.21 Å². The summed E-state index contributed by atoms with van der Waals surface area (Å²) >= 11 is 0. The third-order valence-electron chi connectivity index (χ3n) is 2.18. The van der Waals surface area contributed by atoms with Crippen LogP contribution >= 0.6 is 0 Å². The fourth-order valence-electron chi connectivity index (χ4n) is 1.35. The average Bonchev–Trinajstić information content (AvgIpc) is 2.25. The van der Waals surface area contributed by atoms with E-state index in [-0.39, 0.29) is 5.95 Å². The van der Waals surface area contributed by atoms with E-state index in [0.717, 1.165) is 15.9 Å². The second kappa shape index (κ2) is 4.01. The topological polar surface area (TPSA) is 105 Å². The van der Waals surface area contributed by atoms with Gasteiger partial charge in [-0.25, -0.2) is 4.98 Å². The Morgan fingerprint density at radius 1 is 1.25 bits per heavy atom. The first-order valence-electron chi connectivity index (χ1n) is 4.70. The van der Waals surface area contributed by atoms with Crippen LogP contribution in [0.5, 0.6) is 0 Å². The molecule has 2 heterocycles. The van der Waals surface area contributed by atoms with Crippen LogP contribution < -0.4 is 16.2 Å². The average molecular weight is 217 g/mol. The monoisotopic (exact) mass is 217 g/mol. The van der Waals surface area contributed by atoms with Crippen molar-refractivity contribution in [2.75, 3.05) is 11.5 Å². The molecule has 0 spiro atoms. The molecule has 0 aliphatic rings. The van der Waals surface area contributed by atoms with Gasteiger partial charge in [-0.15, -0.1) is 0 Å². The summed E-state index contributed by atoms with van der Waals surface area (Å²) in [6.45, 7) is 0. The first kappa shape index (κ1) is 10.2. The molecule has 6 nitrogen and oxygen atoms in total. The standard InChI is InChI=1S/C10H11N5O/c11-9-8(6-13-10(12)14-9)5-7-1-3-15(16)4-2-7/h1-4,6H,5H2,(H4,11,12,13,14). The quantitative estimate of drug-likeness (QED) is 0.538. The summed E-state index contributed by atoms with van der Waals surface area (Å²) in [6.07, 6.45) is 5.04. The molecule has 16 heavy (non-hydrogen) atoms. The Labute approximate surface area is 92.2 Å². The Hall–Kier alpha value is -2.37. The number of anilines is 2. The summed E-state index contributed by atoms with van der Waals surface area (Å²) in [7, 11) is 0. The lowest BCUT2D eigenvalue weighted by atomic mass is 10.1. The summed E-state index contributed by atoms with van der Waals surface area (Å²) in [6, 6.07) is 3.45. The molecule has 0 radical (unpaired) electrons. The number of aromatic nitrogens is 3. The van der Waals surface area contributed by atoms with Crippen LogP contribution in [0.2, 0.25) is 0 Å². The van der Waals surface area contributed by atoms with Gasteiger partial charge in [-0.1, -0.05) is 0 Å². The van der Waals surface area contributed by atoms with Gasteiger partial charge in [0.2, 0.25) is 5.95 Å². The van der Waals surface area contributed by atoms with Gasteiger partial charge in [-0.2, -0.15) is 9.71 Å². The molecule has 6 heteroatoms. The van der Waals surface area contributed by atoms with E-state index in [1.165, 1.54) is 12.4 Å². The smallest absolute Gasteiger partial charge is 0.221 e. The number of pyridine rings is 1. The van der Waals surface area contributed by atoms with Gasteiger partial charge in [-0.05, 0) is 5.56 Å². The van der Waals surface area contributed by atoms with Gasteiger partial charge in [0.15, 0.2) is 12.4 Å². The van der Waals surface area contributed by atoms with E-state index in [0.29, 0.717) is 12.2 Å². The van der Waals surface area contributed by atoms with Gasteiger partial charge in [0.05, 0.1) is 0 Å². The second-order valence-corrected chi connectivity index (χ2v) is 3.38. The van der Waals surface area contributed by atoms with Gasteiger partial charge >= 0.3 is 0 Å². The van der Waals surface area contributed by atoms with Gasteiger partial charge < -0.3 is 16.7 Å². The molecular weight excluding hydrogens is 206 g/mol. The molecule has 0 fully saturated rings. The molecule has 2 rings (SSSR count). The van der Waals surface area contributed by atoms with Crippen LogP contribution in [0.3, 0.4) is 0 Å². The third kappa shape index (κ3) is 2.17. The van der Waals surface area contributed by atoms with Crippen molar-refractivity contribution in [3.63, 3.8) is 0 Å². The van der Waals surface area contributed by atoms with E-state index in [9.17, 15) is 5.21 Å². The summed E-state index contributed by atoms with van der Waals surface area (Å²) in [5.74, 6) is 0.526. The van der Waals surface area contributed by atoms with E-state index in [1.54, 1.807) is 18.3 Å². The Balaban J connectivity index is 2.23. The molecule has 0 saturated heterocycles. The number of nitrogens with two attached hydrogens (primary N) is 2. The second-order valence-electron chi connectivity index (χ2n) is 3.38. The maximum atomic E-state index is 10.8. The number of nitrogen functional groups attached to an aromatic ring is 2. The minimum Gasteiger partial charge on any atom is -0.619 e.